The molecule has 0 aromatic heterocycles. The molecule has 0 fully saturated rings. The maximum absolute atomic E-state index is 11.8. The maximum Gasteiger partial charge on any atom is 0.134 e. The Balaban J connectivity index is 2.29. The molecule has 0 spiro atoms. The van der Waals surface area contributed by atoms with Crippen LogP contribution >= 0.6 is 10.3 Å². The van der Waals surface area contributed by atoms with Crippen LogP contribution in [0, 0.1) is 10.2 Å². The predicted octanol–water partition coefficient (Wildman–Crippen LogP) is 2.92. The van der Waals surface area contributed by atoms with Crippen LogP contribution < -0.4 is 14.0 Å². The van der Waals surface area contributed by atoms with Gasteiger partial charge in [0, 0.05) is 14.7 Å². The van der Waals surface area contributed by atoms with Gasteiger partial charge >= 0.3 is 0 Å². The van der Waals surface area contributed by atoms with E-state index in [9.17, 15) is 14.0 Å². The molecule has 0 N–H and O–H groups in total. The first-order chi connectivity index (χ1) is 12.8. The first kappa shape index (κ1) is 19.9. The molecule has 0 aliphatic rings. The van der Waals surface area contributed by atoms with E-state index in [0.29, 0.717) is 20.6 Å². The second-order valence-electron chi connectivity index (χ2n) is 6.35. The van der Waals surface area contributed by atoms with Gasteiger partial charge in [0.2, 0.25) is 0 Å². The smallest absolute Gasteiger partial charge is 0.134 e. The van der Waals surface area contributed by atoms with E-state index in [0.717, 1.165) is 5.56 Å². The molecule has 4 nitrogen and oxygen atoms in total. The second-order valence-corrected chi connectivity index (χ2v) is 10.1. The largest absolute Gasteiger partial charge is 0.182 e. The first-order valence-electron chi connectivity index (χ1n) is 8.48. The van der Waals surface area contributed by atoms with E-state index in [-0.39, 0.29) is 0 Å². The van der Waals surface area contributed by atoms with Crippen molar-refractivity contribution in [3.05, 3.63) is 90.5 Å². The van der Waals surface area contributed by atoms with Crippen LogP contribution in [0.3, 0.4) is 0 Å². The first-order valence-corrected chi connectivity index (χ1v) is 11.3. The molecule has 0 radical (unpaired) electrons. The SMILES string of the molecule is CC(C)c1ccc(S(O[Cl+3]([O-])([O-])[O-])(c2ccccc2)c2ccccc2)cc1. The molecule has 3 rings (SSSR count). The van der Waals surface area contributed by atoms with E-state index >= 15 is 0 Å². The Hall–Kier alpha value is -1.86. The Labute approximate surface area is 163 Å². The third-order valence-electron chi connectivity index (χ3n) is 4.20. The van der Waals surface area contributed by atoms with Crippen molar-refractivity contribution < 1.29 is 28.0 Å². The molecule has 0 aliphatic carbocycles. The van der Waals surface area contributed by atoms with Crippen LogP contribution in [0.1, 0.15) is 25.3 Å². The average molecular weight is 405 g/mol. The number of hydrogen-bond donors (Lipinski definition) is 0. The van der Waals surface area contributed by atoms with E-state index in [1.807, 2.05) is 36.4 Å². The lowest BCUT2D eigenvalue weighted by atomic mass is 10.0. The van der Waals surface area contributed by atoms with Crippen LogP contribution in [0.5, 0.6) is 0 Å². The minimum Gasteiger partial charge on any atom is -0.182 e. The maximum atomic E-state index is 11.8. The fourth-order valence-electron chi connectivity index (χ4n) is 2.90. The molecule has 0 bridgehead atoms. The summed E-state index contributed by atoms with van der Waals surface area (Å²) in [5, 5.41) is 0. The fourth-order valence-corrected chi connectivity index (χ4v) is 7.12. The van der Waals surface area contributed by atoms with Gasteiger partial charge in [0.1, 0.15) is 3.74 Å². The van der Waals surface area contributed by atoms with Crippen molar-refractivity contribution in [1.82, 2.24) is 0 Å². The summed E-state index contributed by atoms with van der Waals surface area (Å²) in [4.78, 5) is 1.93. The molecule has 0 amide bonds. The van der Waals surface area contributed by atoms with Crippen LogP contribution in [0.25, 0.3) is 0 Å². The molecule has 27 heavy (non-hydrogen) atoms. The summed E-state index contributed by atoms with van der Waals surface area (Å²) in [6, 6.07) is 25.7. The molecule has 0 aliphatic heterocycles. The van der Waals surface area contributed by atoms with E-state index in [4.69, 9.17) is 3.74 Å². The Morgan fingerprint density at radius 3 is 1.44 bits per heavy atom. The van der Waals surface area contributed by atoms with Gasteiger partial charge in [-0.3, -0.25) is 0 Å². The van der Waals surface area contributed by atoms with Crippen LogP contribution in [-0.4, -0.2) is 0 Å². The number of benzene rings is 3. The summed E-state index contributed by atoms with van der Waals surface area (Å²) in [6.07, 6.45) is 0. The van der Waals surface area contributed by atoms with Crippen LogP contribution in [-0.2, 0) is 3.74 Å². The van der Waals surface area contributed by atoms with Gasteiger partial charge in [-0.1, -0.05) is 62.4 Å². The fraction of sp³-hybridized carbons (Fsp3) is 0.143. The van der Waals surface area contributed by atoms with Gasteiger partial charge in [-0.15, -0.1) is 0 Å². The molecule has 0 atom stereocenters. The number of hydrogen-bond acceptors (Lipinski definition) is 4. The average Bonchev–Trinajstić information content (AvgIpc) is 2.67. The van der Waals surface area contributed by atoms with E-state index < -0.39 is 20.6 Å². The molecule has 3 aromatic carbocycles. The van der Waals surface area contributed by atoms with E-state index in [1.54, 1.807) is 48.5 Å². The predicted molar refractivity (Wildman–Crippen MR) is 96.9 cm³/mol. The van der Waals surface area contributed by atoms with Crippen LogP contribution in [0.2, 0.25) is 0 Å². The van der Waals surface area contributed by atoms with Crippen LogP contribution in [0.15, 0.2) is 99.6 Å². The van der Waals surface area contributed by atoms with E-state index in [2.05, 4.69) is 13.8 Å². The molecular weight excluding hydrogens is 384 g/mol. The lowest BCUT2D eigenvalue weighted by Gasteiger charge is -2.34. The van der Waals surface area contributed by atoms with Crippen molar-refractivity contribution in [1.29, 1.82) is 0 Å². The van der Waals surface area contributed by atoms with Crippen molar-refractivity contribution in [2.45, 2.75) is 34.5 Å². The van der Waals surface area contributed by atoms with Gasteiger partial charge in [0.05, 0.1) is 20.6 Å². The highest BCUT2D eigenvalue weighted by Crippen LogP contribution is 2.69. The summed E-state index contributed by atoms with van der Waals surface area (Å²) in [5.74, 6) is 0.333. The quantitative estimate of drug-likeness (QED) is 0.632. The summed E-state index contributed by atoms with van der Waals surface area (Å²) in [5.41, 5.74) is 1.12. The van der Waals surface area contributed by atoms with Gasteiger partial charge < -0.3 is 0 Å². The lowest BCUT2D eigenvalue weighted by Crippen LogP contribution is -2.61. The van der Waals surface area contributed by atoms with Crippen molar-refractivity contribution in [2.75, 3.05) is 0 Å². The lowest BCUT2D eigenvalue weighted by molar-refractivity contribution is -1.91. The standard InChI is InChI=1S/C21H21ClO4S/c1-17(2)18-13-15-21(16-14-18)27(26-22(23,24)25,19-9-5-3-6-10-19)20-11-7-4-8-12-20/h3-17H,1-2H3. The molecule has 0 unspecified atom stereocenters. The Kier molecular flexibility index (Phi) is 5.91. The highest BCUT2D eigenvalue weighted by atomic mass is 35.7. The zero-order chi connectivity index (χ0) is 19.5. The summed E-state index contributed by atoms with van der Waals surface area (Å²) in [6.45, 7) is 4.17. The number of halogens is 1. The molecule has 0 heterocycles. The second kappa shape index (κ2) is 8.02. The highest BCUT2D eigenvalue weighted by molar-refractivity contribution is 8.29. The topological polar surface area (TPSA) is 78.4 Å². The summed E-state index contributed by atoms with van der Waals surface area (Å²) < 4.78 is 40.6. The van der Waals surface area contributed by atoms with Gasteiger partial charge in [-0.05, 0) is 47.9 Å². The van der Waals surface area contributed by atoms with Crippen molar-refractivity contribution >= 4 is 10.3 Å². The molecule has 142 valence electrons. The zero-order valence-electron chi connectivity index (χ0n) is 15.1. The third kappa shape index (κ3) is 4.35. The van der Waals surface area contributed by atoms with Gasteiger partial charge in [0.15, 0.2) is 0 Å². The molecule has 6 heteroatoms. The Bertz CT molecular complexity index is 823. The van der Waals surface area contributed by atoms with Crippen molar-refractivity contribution in [2.24, 2.45) is 0 Å². The Morgan fingerprint density at radius 1 is 0.667 bits per heavy atom. The molecule has 3 aromatic rings. The third-order valence-corrected chi connectivity index (χ3v) is 8.38. The highest BCUT2D eigenvalue weighted by Gasteiger charge is 2.46. The molecular formula is C21H21ClO4S. The number of rotatable bonds is 6. The Morgan fingerprint density at radius 2 is 1.07 bits per heavy atom. The summed E-state index contributed by atoms with van der Waals surface area (Å²) >= 11 is 0. The zero-order valence-corrected chi connectivity index (χ0v) is 16.7. The minimum absolute atomic E-state index is 0.333. The van der Waals surface area contributed by atoms with Gasteiger partial charge in [-0.25, -0.2) is 0 Å². The van der Waals surface area contributed by atoms with Crippen molar-refractivity contribution in [3.63, 3.8) is 0 Å². The van der Waals surface area contributed by atoms with Gasteiger partial charge in [-0.2, -0.15) is 14.0 Å². The monoisotopic (exact) mass is 404 g/mol. The van der Waals surface area contributed by atoms with Crippen LogP contribution in [0.4, 0.5) is 0 Å². The van der Waals surface area contributed by atoms with Crippen molar-refractivity contribution in [3.8, 4) is 0 Å². The van der Waals surface area contributed by atoms with Gasteiger partial charge in [0.25, 0.3) is 0 Å². The molecule has 0 saturated carbocycles. The van der Waals surface area contributed by atoms with E-state index in [1.165, 1.54) is 0 Å². The minimum atomic E-state index is -4.65. The summed E-state index contributed by atoms with van der Waals surface area (Å²) in [7, 11) is -7.40. The molecule has 0 saturated heterocycles. The normalized spacial score (nSPS) is 13.0.